The molecule has 2 aromatic carbocycles. The Balaban J connectivity index is 1.69. The van der Waals surface area contributed by atoms with Crippen LogP contribution in [0.5, 0.6) is 5.75 Å². The fourth-order valence-electron chi connectivity index (χ4n) is 4.57. The van der Waals surface area contributed by atoms with Crippen molar-refractivity contribution in [2.75, 3.05) is 46.5 Å². The number of benzene rings is 2. The molecule has 4 rings (SSSR count). The van der Waals surface area contributed by atoms with Crippen LogP contribution in [0.4, 0.5) is 0 Å². The van der Waals surface area contributed by atoms with Crippen LogP contribution in [0, 0.1) is 6.92 Å². The molecule has 2 heterocycles. The molecule has 0 unspecified atom stereocenters. The van der Waals surface area contributed by atoms with E-state index in [1.165, 1.54) is 0 Å². The molecular weight excluding hydrogens is 500 g/mol. The molecule has 0 saturated carbocycles. The monoisotopic (exact) mass is 528 g/mol. The minimum atomic E-state index is -0.660. The average molecular weight is 529 g/mol. The lowest BCUT2D eigenvalue weighted by molar-refractivity contribution is -0.140. The first-order valence-electron chi connectivity index (χ1n) is 11.4. The van der Waals surface area contributed by atoms with Gasteiger partial charge < -0.3 is 19.5 Å². The number of amides is 1. The molecule has 2 aliphatic heterocycles. The molecule has 0 radical (unpaired) electrons. The standard InChI is InChI=1S/C26H29BrN2O5/c1-17-16-20(33-2)8-9-21(17)24(30)22-23(18-4-6-19(27)7-5-18)29(26(32)25(22)31)11-3-10-28-12-14-34-15-13-28/h4-9,16,23,30H,3,10-15H2,1-2H3/b24-22+/t23-/m1/s1. The van der Waals surface area contributed by atoms with Crippen LogP contribution in [-0.4, -0.2) is 73.1 Å². The third-order valence-electron chi connectivity index (χ3n) is 6.39. The van der Waals surface area contributed by atoms with E-state index in [9.17, 15) is 14.7 Å². The zero-order chi connectivity index (χ0) is 24.2. The number of likely N-dealkylation sites (tertiary alicyclic amines) is 1. The van der Waals surface area contributed by atoms with Gasteiger partial charge in [-0.25, -0.2) is 0 Å². The zero-order valence-electron chi connectivity index (χ0n) is 19.4. The summed E-state index contributed by atoms with van der Waals surface area (Å²) in [6.07, 6.45) is 0.724. The molecule has 0 spiro atoms. The minimum absolute atomic E-state index is 0.118. The summed E-state index contributed by atoms with van der Waals surface area (Å²) in [6.45, 7) is 6.23. The lowest BCUT2D eigenvalue weighted by atomic mass is 9.94. The van der Waals surface area contributed by atoms with Crippen molar-refractivity contribution >= 4 is 33.4 Å². The van der Waals surface area contributed by atoms with Crippen molar-refractivity contribution in [3.8, 4) is 5.75 Å². The molecule has 1 N–H and O–H groups in total. The highest BCUT2D eigenvalue weighted by Crippen LogP contribution is 2.40. The Morgan fingerprint density at radius 2 is 1.82 bits per heavy atom. The molecule has 1 atom stereocenters. The number of rotatable bonds is 7. The van der Waals surface area contributed by atoms with Crippen molar-refractivity contribution in [1.82, 2.24) is 9.80 Å². The van der Waals surface area contributed by atoms with E-state index in [0.29, 0.717) is 31.1 Å². The smallest absolute Gasteiger partial charge is 0.295 e. The number of aliphatic hydroxyl groups excluding tert-OH is 1. The molecule has 8 heteroatoms. The van der Waals surface area contributed by atoms with Crippen LogP contribution in [0.3, 0.4) is 0 Å². The fourth-order valence-corrected chi connectivity index (χ4v) is 4.83. The van der Waals surface area contributed by atoms with Gasteiger partial charge in [0.05, 0.1) is 31.9 Å². The first-order chi connectivity index (χ1) is 16.4. The van der Waals surface area contributed by atoms with Crippen molar-refractivity contribution in [2.24, 2.45) is 0 Å². The van der Waals surface area contributed by atoms with Crippen LogP contribution in [0.2, 0.25) is 0 Å². The summed E-state index contributed by atoms with van der Waals surface area (Å²) >= 11 is 3.45. The second-order valence-corrected chi connectivity index (χ2v) is 9.45. The zero-order valence-corrected chi connectivity index (χ0v) is 21.0. The van der Waals surface area contributed by atoms with Crippen LogP contribution in [0.15, 0.2) is 52.5 Å². The number of hydrogen-bond donors (Lipinski definition) is 1. The van der Waals surface area contributed by atoms with Gasteiger partial charge in [-0.3, -0.25) is 14.5 Å². The van der Waals surface area contributed by atoms with Crippen LogP contribution >= 0.6 is 15.9 Å². The SMILES string of the molecule is COc1ccc(/C(O)=C2\C(=O)C(=O)N(CCCN3CCOCC3)[C@@H]2c2ccc(Br)cc2)c(C)c1. The molecular formula is C26H29BrN2O5. The second-order valence-electron chi connectivity index (χ2n) is 8.53. The molecule has 2 fully saturated rings. The van der Waals surface area contributed by atoms with Gasteiger partial charge in [-0.15, -0.1) is 0 Å². The summed E-state index contributed by atoms with van der Waals surface area (Å²) in [5.41, 5.74) is 2.16. The van der Waals surface area contributed by atoms with Crippen molar-refractivity contribution in [1.29, 1.82) is 0 Å². The quantitative estimate of drug-likeness (QED) is 0.333. The number of carbonyl (C=O) groups excluding carboxylic acids is 2. The second kappa shape index (κ2) is 10.7. The molecule has 1 amide bonds. The van der Waals surface area contributed by atoms with E-state index in [2.05, 4.69) is 20.8 Å². The Labute approximate surface area is 208 Å². The first kappa shape index (κ1) is 24.4. The maximum Gasteiger partial charge on any atom is 0.295 e. The number of aliphatic hydroxyl groups is 1. The minimum Gasteiger partial charge on any atom is -0.507 e. The average Bonchev–Trinajstić information content (AvgIpc) is 3.09. The van der Waals surface area contributed by atoms with Crippen molar-refractivity contribution in [3.05, 3.63) is 69.2 Å². The summed E-state index contributed by atoms with van der Waals surface area (Å²) in [4.78, 5) is 30.2. The summed E-state index contributed by atoms with van der Waals surface area (Å²) in [5, 5.41) is 11.3. The van der Waals surface area contributed by atoms with E-state index in [-0.39, 0.29) is 11.3 Å². The van der Waals surface area contributed by atoms with E-state index < -0.39 is 17.7 Å². The predicted octanol–water partition coefficient (Wildman–Crippen LogP) is 3.91. The lowest BCUT2D eigenvalue weighted by Gasteiger charge is -2.29. The molecule has 2 aliphatic rings. The number of morpholine rings is 1. The Morgan fingerprint density at radius 3 is 2.47 bits per heavy atom. The number of methoxy groups -OCH3 is 1. The third kappa shape index (κ3) is 5.04. The number of hydrogen-bond acceptors (Lipinski definition) is 6. The molecule has 2 saturated heterocycles. The van der Waals surface area contributed by atoms with Crippen molar-refractivity contribution in [2.45, 2.75) is 19.4 Å². The van der Waals surface area contributed by atoms with Gasteiger partial charge in [-0.1, -0.05) is 28.1 Å². The van der Waals surface area contributed by atoms with E-state index in [1.807, 2.05) is 31.2 Å². The van der Waals surface area contributed by atoms with Crippen LogP contribution in [0.1, 0.15) is 29.2 Å². The highest BCUT2D eigenvalue weighted by Gasteiger charge is 2.45. The molecule has 180 valence electrons. The van der Waals surface area contributed by atoms with E-state index in [1.54, 1.807) is 30.2 Å². The molecule has 34 heavy (non-hydrogen) atoms. The van der Waals surface area contributed by atoms with Crippen LogP contribution in [-0.2, 0) is 14.3 Å². The van der Waals surface area contributed by atoms with Gasteiger partial charge in [0.1, 0.15) is 11.5 Å². The number of ether oxygens (including phenoxy) is 2. The number of Topliss-reactive ketones (excluding diaryl/α,β-unsaturated/α-hetero) is 1. The Bertz CT molecular complexity index is 1090. The Kier molecular flexibility index (Phi) is 7.70. The molecule has 7 nitrogen and oxygen atoms in total. The predicted molar refractivity (Wildman–Crippen MR) is 133 cm³/mol. The van der Waals surface area contributed by atoms with Gasteiger partial charge in [-0.05, 0) is 54.8 Å². The topological polar surface area (TPSA) is 79.3 Å². The highest BCUT2D eigenvalue weighted by atomic mass is 79.9. The maximum atomic E-state index is 13.2. The van der Waals surface area contributed by atoms with E-state index >= 15 is 0 Å². The van der Waals surface area contributed by atoms with E-state index in [4.69, 9.17) is 9.47 Å². The van der Waals surface area contributed by atoms with Gasteiger partial charge >= 0.3 is 0 Å². The Morgan fingerprint density at radius 1 is 1.12 bits per heavy atom. The number of halogens is 1. The summed E-state index contributed by atoms with van der Waals surface area (Å²) < 4.78 is 11.6. The molecule has 0 aromatic heterocycles. The van der Waals surface area contributed by atoms with Gasteiger partial charge in [0.15, 0.2) is 0 Å². The number of carbonyl (C=O) groups is 2. The van der Waals surface area contributed by atoms with Gasteiger partial charge in [0.25, 0.3) is 11.7 Å². The van der Waals surface area contributed by atoms with Crippen LogP contribution in [0.25, 0.3) is 5.76 Å². The van der Waals surface area contributed by atoms with Gasteiger partial charge in [0.2, 0.25) is 0 Å². The fraction of sp³-hybridized carbons (Fsp3) is 0.385. The number of aryl methyl sites for hydroxylation is 1. The largest absolute Gasteiger partial charge is 0.507 e. The van der Waals surface area contributed by atoms with Crippen LogP contribution < -0.4 is 4.74 Å². The van der Waals surface area contributed by atoms with Crippen molar-refractivity contribution in [3.63, 3.8) is 0 Å². The maximum absolute atomic E-state index is 13.2. The number of ketones is 1. The molecule has 0 aliphatic carbocycles. The highest BCUT2D eigenvalue weighted by molar-refractivity contribution is 9.10. The third-order valence-corrected chi connectivity index (χ3v) is 6.92. The molecule has 2 aromatic rings. The molecule has 0 bridgehead atoms. The normalized spacial score (nSPS) is 20.7. The Hall–Kier alpha value is -2.68. The van der Waals surface area contributed by atoms with Gasteiger partial charge in [0, 0.05) is 36.2 Å². The van der Waals surface area contributed by atoms with Crippen molar-refractivity contribution < 1.29 is 24.2 Å². The summed E-state index contributed by atoms with van der Waals surface area (Å²) in [7, 11) is 1.57. The lowest BCUT2D eigenvalue weighted by Crippen LogP contribution is -2.38. The number of nitrogens with zero attached hydrogens (tertiary/aromatic N) is 2. The van der Waals surface area contributed by atoms with E-state index in [0.717, 1.165) is 41.7 Å². The summed E-state index contributed by atoms with van der Waals surface area (Å²) in [5.74, 6) is -0.751. The van der Waals surface area contributed by atoms with Gasteiger partial charge in [-0.2, -0.15) is 0 Å². The first-order valence-corrected chi connectivity index (χ1v) is 12.2. The summed E-state index contributed by atoms with van der Waals surface area (Å²) in [6, 6.07) is 12.1.